The molecule has 0 aliphatic rings. The number of nitrogens with one attached hydrogen (secondary N) is 1. The van der Waals surface area contributed by atoms with Gasteiger partial charge in [0.2, 0.25) is 0 Å². The molecular weight excluding hydrogens is 228 g/mol. The standard InChI is InChI=1S/C13H26N4O/c1-8(2)10-9(14)11(17(7)16-10)15-12(3,4)13(5,6)18/h8,15,18H,14H2,1-7H3. The van der Waals surface area contributed by atoms with E-state index in [0.717, 1.165) is 11.5 Å². The number of anilines is 2. The monoisotopic (exact) mass is 254 g/mol. The molecule has 5 heteroatoms. The van der Waals surface area contributed by atoms with E-state index in [4.69, 9.17) is 5.73 Å². The summed E-state index contributed by atoms with van der Waals surface area (Å²) in [4.78, 5) is 0. The van der Waals surface area contributed by atoms with Crippen LogP contribution >= 0.6 is 0 Å². The Hall–Kier alpha value is -1.23. The number of aryl methyl sites for hydroxylation is 1. The van der Waals surface area contributed by atoms with Crippen molar-refractivity contribution in [3.05, 3.63) is 5.69 Å². The van der Waals surface area contributed by atoms with E-state index in [2.05, 4.69) is 24.3 Å². The number of hydrogen-bond donors (Lipinski definition) is 3. The van der Waals surface area contributed by atoms with Gasteiger partial charge in [-0.2, -0.15) is 5.10 Å². The number of rotatable bonds is 4. The van der Waals surface area contributed by atoms with Gasteiger partial charge in [0.25, 0.3) is 0 Å². The first-order valence-electron chi connectivity index (χ1n) is 6.30. The van der Waals surface area contributed by atoms with E-state index in [1.54, 1.807) is 18.5 Å². The predicted octanol–water partition coefficient (Wildman–Crippen LogP) is 2.09. The SMILES string of the molecule is CC(C)c1nn(C)c(NC(C)(C)C(C)(C)O)c1N. The zero-order valence-electron chi connectivity index (χ0n) is 12.5. The van der Waals surface area contributed by atoms with Crippen molar-refractivity contribution in [2.45, 2.75) is 58.6 Å². The summed E-state index contributed by atoms with van der Waals surface area (Å²) in [5.74, 6) is 1.03. The molecule has 0 fully saturated rings. The van der Waals surface area contributed by atoms with E-state index in [9.17, 15) is 5.11 Å². The number of nitrogens with two attached hydrogens (primary N) is 1. The first-order valence-corrected chi connectivity index (χ1v) is 6.30. The second kappa shape index (κ2) is 4.46. The number of aliphatic hydroxyl groups is 1. The summed E-state index contributed by atoms with van der Waals surface area (Å²) in [7, 11) is 1.85. The molecule has 0 aliphatic heterocycles. The maximum absolute atomic E-state index is 10.2. The van der Waals surface area contributed by atoms with Crippen LogP contribution in [0.5, 0.6) is 0 Å². The number of nitrogen functional groups attached to an aromatic ring is 1. The van der Waals surface area contributed by atoms with Gasteiger partial charge in [-0.1, -0.05) is 13.8 Å². The molecule has 0 saturated heterocycles. The van der Waals surface area contributed by atoms with Gasteiger partial charge >= 0.3 is 0 Å². The summed E-state index contributed by atoms with van der Waals surface area (Å²) in [5, 5.41) is 17.9. The van der Waals surface area contributed by atoms with Gasteiger partial charge in [-0.25, -0.2) is 0 Å². The van der Waals surface area contributed by atoms with Crippen LogP contribution in [-0.2, 0) is 7.05 Å². The zero-order valence-corrected chi connectivity index (χ0v) is 12.5. The van der Waals surface area contributed by atoms with Gasteiger partial charge in [-0.3, -0.25) is 4.68 Å². The topological polar surface area (TPSA) is 76.1 Å². The highest BCUT2D eigenvalue weighted by Gasteiger charge is 2.36. The normalized spacial score (nSPS) is 13.2. The van der Waals surface area contributed by atoms with Crippen molar-refractivity contribution < 1.29 is 5.11 Å². The second-order valence-corrected chi connectivity index (χ2v) is 6.23. The molecule has 0 saturated carbocycles. The molecular formula is C13H26N4O. The van der Waals surface area contributed by atoms with Gasteiger partial charge in [0.05, 0.1) is 22.5 Å². The second-order valence-electron chi connectivity index (χ2n) is 6.23. The number of nitrogens with zero attached hydrogens (tertiary/aromatic N) is 2. The minimum Gasteiger partial charge on any atom is -0.394 e. The van der Waals surface area contributed by atoms with Crippen LogP contribution in [0.1, 0.15) is 53.2 Å². The lowest BCUT2D eigenvalue weighted by atomic mass is 9.86. The molecule has 1 rings (SSSR count). The highest BCUT2D eigenvalue weighted by Crippen LogP contribution is 2.32. The summed E-state index contributed by atoms with van der Waals surface area (Å²) in [6.45, 7) is 11.5. The largest absolute Gasteiger partial charge is 0.394 e. The molecule has 1 aromatic heterocycles. The van der Waals surface area contributed by atoms with Crippen LogP contribution in [0, 0.1) is 0 Å². The van der Waals surface area contributed by atoms with Crippen molar-refractivity contribution in [2.24, 2.45) is 7.05 Å². The fraction of sp³-hybridized carbons (Fsp3) is 0.769. The van der Waals surface area contributed by atoms with Crippen molar-refractivity contribution in [1.29, 1.82) is 0 Å². The summed E-state index contributed by atoms with van der Waals surface area (Å²) in [6.07, 6.45) is 0. The van der Waals surface area contributed by atoms with Gasteiger partial charge in [0.1, 0.15) is 5.82 Å². The fourth-order valence-electron chi connectivity index (χ4n) is 1.58. The van der Waals surface area contributed by atoms with Crippen LogP contribution in [0.25, 0.3) is 0 Å². The Morgan fingerprint density at radius 2 is 1.78 bits per heavy atom. The van der Waals surface area contributed by atoms with Crippen LogP contribution in [-0.4, -0.2) is 26.0 Å². The lowest BCUT2D eigenvalue weighted by Crippen LogP contribution is -2.51. The molecule has 0 radical (unpaired) electrons. The predicted molar refractivity (Wildman–Crippen MR) is 75.7 cm³/mol. The smallest absolute Gasteiger partial charge is 0.148 e. The molecule has 5 nitrogen and oxygen atoms in total. The summed E-state index contributed by atoms with van der Waals surface area (Å²) < 4.78 is 1.73. The molecule has 0 amide bonds. The van der Waals surface area contributed by atoms with Gasteiger partial charge < -0.3 is 16.2 Å². The minimum atomic E-state index is -0.873. The van der Waals surface area contributed by atoms with E-state index < -0.39 is 11.1 Å². The van der Waals surface area contributed by atoms with Crippen molar-refractivity contribution in [1.82, 2.24) is 9.78 Å². The van der Waals surface area contributed by atoms with E-state index in [-0.39, 0.29) is 5.92 Å². The van der Waals surface area contributed by atoms with Crippen LogP contribution in [0.2, 0.25) is 0 Å². The Morgan fingerprint density at radius 3 is 2.11 bits per heavy atom. The van der Waals surface area contributed by atoms with Crippen LogP contribution < -0.4 is 11.1 Å². The van der Waals surface area contributed by atoms with Gasteiger partial charge in [0, 0.05) is 7.05 Å². The summed E-state index contributed by atoms with van der Waals surface area (Å²) in [5.41, 5.74) is 6.28. The number of aromatic nitrogens is 2. The summed E-state index contributed by atoms with van der Waals surface area (Å²) >= 11 is 0. The molecule has 0 unspecified atom stereocenters. The number of hydrogen-bond acceptors (Lipinski definition) is 4. The fourth-order valence-corrected chi connectivity index (χ4v) is 1.58. The molecule has 0 atom stereocenters. The molecule has 0 aliphatic carbocycles. The third kappa shape index (κ3) is 2.61. The third-order valence-electron chi connectivity index (χ3n) is 3.62. The maximum Gasteiger partial charge on any atom is 0.148 e. The Balaban J connectivity index is 3.13. The Kier molecular flexibility index (Phi) is 3.68. The summed E-state index contributed by atoms with van der Waals surface area (Å²) in [6, 6.07) is 0. The molecule has 104 valence electrons. The maximum atomic E-state index is 10.2. The quantitative estimate of drug-likeness (QED) is 0.769. The Morgan fingerprint density at radius 1 is 1.28 bits per heavy atom. The zero-order chi connectivity index (χ0) is 14.3. The van der Waals surface area contributed by atoms with Gasteiger partial charge in [-0.05, 0) is 33.6 Å². The Labute approximate surface area is 109 Å². The molecule has 1 heterocycles. The van der Waals surface area contributed by atoms with Crippen molar-refractivity contribution in [3.8, 4) is 0 Å². The molecule has 0 bridgehead atoms. The van der Waals surface area contributed by atoms with Gasteiger partial charge in [0.15, 0.2) is 0 Å². The van der Waals surface area contributed by atoms with Crippen LogP contribution in [0.3, 0.4) is 0 Å². The molecule has 0 aromatic carbocycles. The minimum absolute atomic E-state index is 0.275. The van der Waals surface area contributed by atoms with Crippen molar-refractivity contribution >= 4 is 11.5 Å². The van der Waals surface area contributed by atoms with E-state index in [1.165, 1.54) is 0 Å². The third-order valence-corrected chi connectivity index (χ3v) is 3.62. The lowest BCUT2D eigenvalue weighted by Gasteiger charge is -2.38. The highest BCUT2D eigenvalue weighted by molar-refractivity contribution is 5.66. The van der Waals surface area contributed by atoms with E-state index in [0.29, 0.717) is 5.69 Å². The molecule has 18 heavy (non-hydrogen) atoms. The van der Waals surface area contributed by atoms with Gasteiger partial charge in [-0.15, -0.1) is 0 Å². The van der Waals surface area contributed by atoms with Crippen LogP contribution in [0.15, 0.2) is 0 Å². The van der Waals surface area contributed by atoms with Crippen LogP contribution in [0.4, 0.5) is 11.5 Å². The molecule has 1 aromatic rings. The van der Waals surface area contributed by atoms with E-state index in [1.807, 2.05) is 20.9 Å². The van der Waals surface area contributed by atoms with Crippen molar-refractivity contribution in [3.63, 3.8) is 0 Å². The average Bonchev–Trinajstić information content (AvgIpc) is 2.43. The molecule has 0 spiro atoms. The first-order chi connectivity index (χ1) is 7.97. The first kappa shape index (κ1) is 14.8. The average molecular weight is 254 g/mol. The Bertz CT molecular complexity index is 427. The molecule has 4 N–H and O–H groups in total. The highest BCUT2D eigenvalue weighted by atomic mass is 16.3. The van der Waals surface area contributed by atoms with Crippen molar-refractivity contribution in [2.75, 3.05) is 11.1 Å². The lowest BCUT2D eigenvalue weighted by molar-refractivity contribution is 0.0238. The van der Waals surface area contributed by atoms with E-state index >= 15 is 0 Å².